The van der Waals surface area contributed by atoms with Gasteiger partial charge in [-0.15, -0.1) is 0 Å². The van der Waals surface area contributed by atoms with Crippen LogP contribution in [0.25, 0.3) is 0 Å². The molecule has 11 heavy (non-hydrogen) atoms. The lowest BCUT2D eigenvalue weighted by Gasteiger charge is -2.25. The lowest BCUT2D eigenvalue weighted by atomic mass is 9.81. The van der Waals surface area contributed by atoms with Crippen LogP contribution in [0.4, 0.5) is 0 Å². The minimum atomic E-state index is 0.232. The van der Waals surface area contributed by atoms with Crippen molar-refractivity contribution in [1.82, 2.24) is 0 Å². The van der Waals surface area contributed by atoms with Crippen LogP contribution in [0.15, 0.2) is 12.2 Å². The Balaban J connectivity index is 2.35. The first-order valence-corrected chi connectivity index (χ1v) is 4.59. The van der Waals surface area contributed by atoms with Crippen molar-refractivity contribution in [2.24, 2.45) is 5.41 Å². The van der Waals surface area contributed by atoms with E-state index < -0.39 is 0 Å². The molecule has 64 valence electrons. The highest BCUT2D eigenvalue weighted by molar-refractivity contribution is 5.02. The van der Waals surface area contributed by atoms with Crippen LogP contribution in [0.5, 0.6) is 0 Å². The highest BCUT2D eigenvalue weighted by atomic mass is 16.3. The highest BCUT2D eigenvalue weighted by Crippen LogP contribution is 2.37. The third kappa shape index (κ3) is 2.06. The minimum Gasteiger partial charge on any atom is -0.396 e. The van der Waals surface area contributed by atoms with Crippen molar-refractivity contribution in [3.05, 3.63) is 12.2 Å². The second-order valence-electron chi connectivity index (χ2n) is 3.64. The lowest BCUT2D eigenvalue weighted by molar-refractivity contribution is 0.124. The summed E-state index contributed by atoms with van der Waals surface area (Å²) in [6.45, 7) is 2.56. The molecule has 1 nitrogen and oxygen atoms in total. The number of unbranched alkanes of at least 4 members (excludes halogenated alkanes) is 1. The number of aliphatic hydroxyl groups is 1. The van der Waals surface area contributed by atoms with E-state index in [1.54, 1.807) is 0 Å². The zero-order valence-corrected chi connectivity index (χ0v) is 7.34. The summed E-state index contributed by atoms with van der Waals surface area (Å²) >= 11 is 0. The predicted molar refractivity (Wildman–Crippen MR) is 47.4 cm³/mol. The summed E-state index contributed by atoms with van der Waals surface area (Å²) in [5.41, 5.74) is 0.232. The van der Waals surface area contributed by atoms with Gasteiger partial charge in [-0.1, -0.05) is 31.9 Å². The van der Waals surface area contributed by atoms with Crippen molar-refractivity contribution in [2.45, 2.75) is 39.0 Å². The molecule has 0 aromatic carbocycles. The monoisotopic (exact) mass is 154 g/mol. The second kappa shape index (κ2) is 3.91. The minimum absolute atomic E-state index is 0.232. The van der Waals surface area contributed by atoms with Gasteiger partial charge in [0.2, 0.25) is 0 Å². The summed E-state index contributed by atoms with van der Waals surface area (Å²) in [7, 11) is 0. The van der Waals surface area contributed by atoms with Crippen molar-refractivity contribution in [2.75, 3.05) is 6.61 Å². The first-order chi connectivity index (χ1) is 5.33. The molecule has 0 unspecified atom stereocenters. The van der Waals surface area contributed by atoms with Crippen LogP contribution in [-0.2, 0) is 0 Å². The van der Waals surface area contributed by atoms with Crippen LogP contribution < -0.4 is 0 Å². The van der Waals surface area contributed by atoms with Gasteiger partial charge < -0.3 is 5.11 Å². The standard InChI is InChI=1S/C10H18O/c1-2-3-6-10(9-11)7-4-5-8-10/h4-5,11H,2-3,6-9H2,1H3. The van der Waals surface area contributed by atoms with Crippen molar-refractivity contribution in [3.8, 4) is 0 Å². The molecule has 0 aromatic heterocycles. The number of allylic oxidation sites excluding steroid dienone is 2. The topological polar surface area (TPSA) is 20.2 Å². The van der Waals surface area contributed by atoms with E-state index in [1.807, 2.05) is 0 Å². The van der Waals surface area contributed by atoms with E-state index in [0.29, 0.717) is 6.61 Å². The third-order valence-electron chi connectivity index (χ3n) is 2.66. The van der Waals surface area contributed by atoms with E-state index in [9.17, 15) is 5.11 Å². The summed E-state index contributed by atoms with van der Waals surface area (Å²) in [4.78, 5) is 0. The number of rotatable bonds is 4. The van der Waals surface area contributed by atoms with Gasteiger partial charge in [-0.25, -0.2) is 0 Å². The fourth-order valence-corrected chi connectivity index (χ4v) is 1.71. The molecule has 1 heteroatoms. The van der Waals surface area contributed by atoms with E-state index >= 15 is 0 Å². The Kier molecular flexibility index (Phi) is 3.13. The molecule has 0 spiro atoms. The van der Waals surface area contributed by atoms with Gasteiger partial charge in [-0.05, 0) is 19.3 Å². The quantitative estimate of drug-likeness (QED) is 0.617. The summed E-state index contributed by atoms with van der Waals surface area (Å²) in [6, 6.07) is 0. The zero-order chi connectivity index (χ0) is 8.16. The maximum Gasteiger partial charge on any atom is 0.0493 e. The van der Waals surface area contributed by atoms with Crippen molar-refractivity contribution in [1.29, 1.82) is 0 Å². The highest BCUT2D eigenvalue weighted by Gasteiger charge is 2.28. The fourth-order valence-electron chi connectivity index (χ4n) is 1.71. The van der Waals surface area contributed by atoms with Crippen LogP contribution in [0.1, 0.15) is 39.0 Å². The number of hydrogen-bond donors (Lipinski definition) is 1. The maximum atomic E-state index is 9.20. The fraction of sp³-hybridized carbons (Fsp3) is 0.800. The molecule has 0 amide bonds. The SMILES string of the molecule is CCCCC1(CO)CC=CC1. The molecule has 0 heterocycles. The second-order valence-corrected chi connectivity index (χ2v) is 3.64. The Morgan fingerprint density at radius 2 is 2.00 bits per heavy atom. The molecule has 1 aliphatic carbocycles. The summed E-state index contributed by atoms with van der Waals surface area (Å²) in [5, 5.41) is 9.20. The maximum absolute atomic E-state index is 9.20. The van der Waals surface area contributed by atoms with Crippen LogP contribution in [0, 0.1) is 5.41 Å². The van der Waals surface area contributed by atoms with Gasteiger partial charge in [0.15, 0.2) is 0 Å². The van der Waals surface area contributed by atoms with Crippen LogP contribution in [-0.4, -0.2) is 11.7 Å². The smallest absolute Gasteiger partial charge is 0.0493 e. The number of hydrogen-bond acceptors (Lipinski definition) is 1. The van der Waals surface area contributed by atoms with Crippen LogP contribution >= 0.6 is 0 Å². The Bertz CT molecular complexity index is 130. The molecule has 1 N–H and O–H groups in total. The van der Waals surface area contributed by atoms with E-state index in [4.69, 9.17) is 0 Å². The van der Waals surface area contributed by atoms with Gasteiger partial charge in [0.1, 0.15) is 0 Å². The van der Waals surface area contributed by atoms with Gasteiger partial charge in [0, 0.05) is 12.0 Å². The average molecular weight is 154 g/mol. The lowest BCUT2D eigenvalue weighted by Crippen LogP contribution is -2.21. The molecule has 0 saturated heterocycles. The average Bonchev–Trinajstić information content (AvgIpc) is 2.50. The predicted octanol–water partition coefficient (Wildman–Crippen LogP) is 2.51. The van der Waals surface area contributed by atoms with Gasteiger partial charge in [-0.3, -0.25) is 0 Å². The van der Waals surface area contributed by atoms with Gasteiger partial charge in [0.05, 0.1) is 0 Å². The molecule has 0 atom stereocenters. The molecule has 0 saturated carbocycles. The van der Waals surface area contributed by atoms with Crippen LogP contribution in [0.2, 0.25) is 0 Å². The first-order valence-electron chi connectivity index (χ1n) is 4.59. The van der Waals surface area contributed by atoms with Crippen molar-refractivity contribution < 1.29 is 5.11 Å². The molecule has 1 aliphatic rings. The van der Waals surface area contributed by atoms with E-state index in [-0.39, 0.29) is 5.41 Å². The molecular formula is C10H18O. The number of aliphatic hydroxyl groups excluding tert-OH is 1. The van der Waals surface area contributed by atoms with Crippen LogP contribution in [0.3, 0.4) is 0 Å². The van der Waals surface area contributed by atoms with E-state index in [0.717, 1.165) is 12.8 Å². The Hall–Kier alpha value is -0.300. The zero-order valence-electron chi connectivity index (χ0n) is 7.34. The molecule has 1 rings (SSSR count). The van der Waals surface area contributed by atoms with E-state index in [2.05, 4.69) is 19.1 Å². The summed E-state index contributed by atoms with van der Waals surface area (Å²) < 4.78 is 0. The first kappa shape index (κ1) is 8.79. The molecule has 0 fully saturated rings. The summed E-state index contributed by atoms with van der Waals surface area (Å²) in [6.07, 6.45) is 10.3. The summed E-state index contributed by atoms with van der Waals surface area (Å²) in [5.74, 6) is 0. The Morgan fingerprint density at radius 3 is 2.45 bits per heavy atom. The normalized spacial score (nSPS) is 20.9. The van der Waals surface area contributed by atoms with Crippen molar-refractivity contribution >= 4 is 0 Å². The van der Waals surface area contributed by atoms with E-state index in [1.165, 1.54) is 19.3 Å². The van der Waals surface area contributed by atoms with Crippen molar-refractivity contribution in [3.63, 3.8) is 0 Å². The molecule has 0 radical (unpaired) electrons. The molecule has 0 aromatic rings. The molecular weight excluding hydrogens is 136 g/mol. The molecule has 0 aliphatic heterocycles. The molecule has 0 bridgehead atoms. The van der Waals surface area contributed by atoms with Gasteiger partial charge >= 0.3 is 0 Å². The Labute approximate surface area is 69.1 Å². The Morgan fingerprint density at radius 1 is 1.36 bits per heavy atom. The third-order valence-corrected chi connectivity index (χ3v) is 2.66. The largest absolute Gasteiger partial charge is 0.396 e. The van der Waals surface area contributed by atoms with Gasteiger partial charge in [-0.2, -0.15) is 0 Å². The van der Waals surface area contributed by atoms with Gasteiger partial charge in [0.25, 0.3) is 0 Å².